The smallest absolute Gasteiger partial charge is 0.276 e. The van der Waals surface area contributed by atoms with Crippen molar-refractivity contribution in [3.63, 3.8) is 0 Å². The van der Waals surface area contributed by atoms with Crippen LogP contribution in [0.1, 0.15) is 11.1 Å². The highest BCUT2D eigenvalue weighted by Gasteiger charge is 2.19. The Bertz CT molecular complexity index is 1430. The molecule has 0 spiro atoms. The predicted molar refractivity (Wildman–Crippen MR) is 134 cm³/mol. The van der Waals surface area contributed by atoms with E-state index >= 15 is 0 Å². The molecule has 3 rings (SSSR count). The van der Waals surface area contributed by atoms with Crippen molar-refractivity contribution in [3.05, 3.63) is 86.9 Å². The maximum Gasteiger partial charge on any atom is 0.276 e. The van der Waals surface area contributed by atoms with Gasteiger partial charge in [0.2, 0.25) is 0 Å². The number of aryl methyl sites for hydroxylation is 1. The van der Waals surface area contributed by atoms with Gasteiger partial charge in [0, 0.05) is 11.6 Å². The van der Waals surface area contributed by atoms with Crippen molar-refractivity contribution < 1.29 is 27.6 Å². The Labute approximate surface area is 211 Å². The van der Waals surface area contributed by atoms with Gasteiger partial charge in [-0.1, -0.05) is 29.8 Å². The van der Waals surface area contributed by atoms with Gasteiger partial charge in [0.1, 0.15) is 0 Å². The fourth-order valence-electron chi connectivity index (χ4n) is 2.95. The van der Waals surface area contributed by atoms with E-state index in [9.17, 15) is 23.3 Å². The van der Waals surface area contributed by atoms with Crippen molar-refractivity contribution in [2.24, 2.45) is 5.10 Å². The molecule has 11 nitrogen and oxygen atoms in total. The molecule has 188 valence electrons. The lowest BCUT2D eigenvalue weighted by atomic mass is 10.2. The van der Waals surface area contributed by atoms with E-state index in [-0.39, 0.29) is 28.7 Å². The molecule has 0 saturated carbocycles. The SMILES string of the molecule is COc1cc(/C=N/NS(=O)(=O)c2ccc(C)c([N+](=O)[O-])c2)ccc1OCC(=O)Nc1ccccc1Cl. The summed E-state index contributed by atoms with van der Waals surface area (Å²) >= 11 is 6.02. The zero-order valence-electron chi connectivity index (χ0n) is 19.1. The van der Waals surface area contributed by atoms with Gasteiger partial charge in [0.15, 0.2) is 18.1 Å². The molecule has 1 amide bonds. The lowest BCUT2D eigenvalue weighted by Crippen LogP contribution is -2.20. The molecule has 0 aromatic heterocycles. The lowest BCUT2D eigenvalue weighted by molar-refractivity contribution is -0.385. The summed E-state index contributed by atoms with van der Waals surface area (Å²) < 4.78 is 35.7. The molecule has 0 heterocycles. The quantitative estimate of drug-likeness (QED) is 0.228. The number of para-hydroxylation sites is 1. The number of nitrogens with one attached hydrogen (secondary N) is 2. The molecule has 0 radical (unpaired) electrons. The number of amides is 1. The summed E-state index contributed by atoms with van der Waals surface area (Å²) in [5.41, 5.74) is 0.923. The van der Waals surface area contributed by atoms with Gasteiger partial charge in [0.25, 0.3) is 21.6 Å². The van der Waals surface area contributed by atoms with Crippen LogP contribution in [0.2, 0.25) is 5.02 Å². The topological polar surface area (TPSA) is 149 Å². The number of nitrogens with zero attached hydrogens (tertiary/aromatic N) is 2. The van der Waals surface area contributed by atoms with Crippen molar-refractivity contribution in [2.45, 2.75) is 11.8 Å². The number of carbonyl (C=O) groups excluding carboxylic acids is 1. The van der Waals surface area contributed by atoms with Crippen LogP contribution in [0.3, 0.4) is 0 Å². The summed E-state index contributed by atoms with van der Waals surface area (Å²) in [6, 6.07) is 14.9. The van der Waals surface area contributed by atoms with Gasteiger partial charge in [-0.25, -0.2) is 4.83 Å². The van der Waals surface area contributed by atoms with Crippen molar-refractivity contribution in [1.82, 2.24) is 4.83 Å². The fraction of sp³-hybridized carbons (Fsp3) is 0.130. The van der Waals surface area contributed by atoms with E-state index in [1.165, 1.54) is 44.5 Å². The normalized spacial score (nSPS) is 11.2. The Morgan fingerprint density at radius 2 is 1.89 bits per heavy atom. The highest BCUT2D eigenvalue weighted by molar-refractivity contribution is 7.89. The van der Waals surface area contributed by atoms with E-state index < -0.39 is 20.9 Å². The lowest BCUT2D eigenvalue weighted by Gasteiger charge is -2.12. The number of hydrogen-bond acceptors (Lipinski definition) is 8. The number of methoxy groups -OCH3 is 1. The average Bonchev–Trinajstić information content (AvgIpc) is 2.84. The van der Waals surface area contributed by atoms with Crippen LogP contribution in [0.15, 0.2) is 70.7 Å². The summed E-state index contributed by atoms with van der Waals surface area (Å²) in [6.45, 7) is 1.20. The first-order chi connectivity index (χ1) is 17.1. The van der Waals surface area contributed by atoms with Crippen molar-refractivity contribution in [3.8, 4) is 11.5 Å². The Balaban J connectivity index is 1.65. The number of nitro benzene ring substituents is 1. The minimum Gasteiger partial charge on any atom is -0.493 e. The Kier molecular flexibility index (Phi) is 8.46. The van der Waals surface area contributed by atoms with Crippen LogP contribution in [0, 0.1) is 17.0 Å². The van der Waals surface area contributed by atoms with E-state index in [1.807, 2.05) is 4.83 Å². The van der Waals surface area contributed by atoms with Crippen LogP contribution in [0.25, 0.3) is 0 Å². The number of ether oxygens (including phenoxy) is 2. The second-order valence-electron chi connectivity index (χ2n) is 7.29. The first-order valence-electron chi connectivity index (χ1n) is 10.3. The number of halogens is 1. The van der Waals surface area contributed by atoms with E-state index in [4.69, 9.17) is 21.1 Å². The number of rotatable bonds is 10. The predicted octanol–water partition coefficient (Wildman–Crippen LogP) is 3.90. The first-order valence-corrected chi connectivity index (χ1v) is 12.1. The first kappa shape index (κ1) is 26.4. The molecule has 3 aromatic rings. The molecule has 0 aliphatic carbocycles. The van der Waals surface area contributed by atoms with E-state index in [0.29, 0.717) is 21.8 Å². The average molecular weight is 533 g/mol. The molecule has 0 unspecified atom stereocenters. The van der Waals surface area contributed by atoms with Gasteiger partial charge in [-0.2, -0.15) is 13.5 Å². The molecule has 0 fully saturated rings. The van der Waals surface area contributed by atoms with Gasteiger partial charge >= 0.3 is 0 Å². The summed E-state index contributed by atoms with van der Waals surface area (Å²) in [7, 11) is -2.73. The van der Waals surface area contributed by atoms with E-state index in [0.717, 1.165) is 6.07 Å². The fourth-order valence-corrected chi connectivity index (χ4v) is 3.95. The zero-order chi connectivity index (χ0) is 26.3. The number of carbonyl (C=O) groups is 1. The number of nitro groups is 1. The number of benzene rings is 3. The molecule has 2 N–H and O–H groups in total. The van der Waals surface area contributed by atoms with Crippen LogP contribution in [-0.4, -0.2) is 39.2 Å². The third-order valence-electron chi connectivity index (χ3n) is 4.77. The Morgan fingerprint density at radius 3 is 2.58 bits per heavy atom. The molecule has 36 heavy (non-hydrogen) atoms. The molecular weight excluding hydrogens is 512 g/mol. The second-order valence-corrected chi connectivity index (χ2v) is 9.35. The van der Waals surface area contributed by atoms with Gasteiger partial charge in [-0.05, 0) is 48.9 Å². The van der Waals surface area contributed by atoms with Crippen molar-refractivity contribution in [2.75, 3.05) is 19.0 Å². The number of sulfonamides is 1. The summed E-state index contributed by atoms with van der Waals surface area (Å²) in [5, 5.41) is 17.8. The summed E-state index contributed by atoms with van der Waals surface area (Å²) in [6.07, 6.45) is 1.22. The number of anilines is 1. The van der Waals surface area contributed by atoms with E-state index in [2.05, 4.69) is 10.4 Å². The Hall–Kier alpha value is -4.16. The molecule has 0 saturated heterocycles. The standard InChI is InChI=1S/C23H21ClN4O7S/c1-15-7-9-17(12-20(15)28(30)31)36(32,33)27-25-13-16-8-10-21(22(11-16)34-2)35-14-23(29)26-19-6-4-3-5-18(19)24/h3-13,27H,14H2,1-2H3,(H,26,29)/b25-13+. The zero-order valence-corrected chi connectivity index (χ0v) is 20.7. The molecule has 0 atom stereocenters. The summed E-state index contributed by atoms with van der Waals surface area (Å²) in [5.74, 6) is 0.125. The molecular formula is C23H21ClN4O7S. The molecule has 13 heteroatoms. The van der Waals surface area contributed by atoms with Crippen LogP contribution < -0.4 is 19.6 Å². The molecule has 0 bridgehead atoms. The van der Waals surface area contributed by atoms with Crippen LogP contribution in [0.5, 0.6) is 11.5 Å². The second kappa shape index (κ2) is 11.5. The molecule has 3 aromatic carbocycles. The van der Waals surface area contributed by atoms with E-state index in [1.54, 1.807) is 30.3 Å². The Morgan fingerprint density at radius 1 is 1.14 bits per heavy atom. The maximum absolute atomic E-state index is 12.4. The van der Waals surface area contributed by atoms with Gasteiger partial charge in [-0.15, -0.1) is 0 Å². The highest BCUT2D eigenvalue weighted by atomic mass is 35.5. The van der Waals surface area contributed by atoms with Crippen LogP contribution >= 0.6 is 11.6 Å². The minimum atomic E-state index is -4.14. The number of hydrazone groups is 1. The van der Waals surface area contributed by atoms with Gasteiger partial charge in [-0.3, -0.25) is 14.9 Å². The van der Waals surface area contributed by atoms with Gasteiger partial charge < -0.3 is 14.8 Å². The minimum absolute atomic E-state index is 0.275. The highest BCUT2D eigenvalue weighted by Crippen LogP contribution is 2.28. The van der Waals surface area contributed by atoms with Crippen LogP contribution in [0.4, 0.5) is 11.4 Å². The van der Waals surface area contributed by atoms with Crippen LogP contribution in [-0.2, 0) is 14.8 Å². The largest absolute Gasteiger partial charge is 0.493 e. The maximum atomic E-state index is 12.4. The summed E-state index contributed by atoms with van der Waals surface area (Å²) in [4.78, 5) is 24.3. The van der Waals surface area contributed by atoms with Crippen molar-refractivity contribution >= 4 is 45.1 Å². The molecule has 0 aliphatic heterocycles. The monoisotopic (exact) mass is 532 g/mol. The van der Waals surface area contributed by atoms with Crippen molar-refractivity contribution in [1.29, 1.82) is 0 Å². The third-order valence-corrected chi connectivity index (χ3v) is 6.32. The molecule has 0 aliphatic rings. The number of hydrogen-bond donors (Lipinski definition) is 2. The van der Waals surface area contributed by atoms with Gasteiger partial charge in [0.05, 0.1) is 33.9 Å². The third kappa shape index (κ3) is 6.71.